The highest BCUT2D eigenvalue weighted by Gasteiger charge is 2.23. The molecule has 1 aliphatic rings. The molecule has 2 N–H and O–H groups in total. The van der Waals surface area contributed by atoms with Crippen LogP contribution in [0.1, 0.15) is 35.7 Å². The highest BCUT2D eigenvalue weighted by molar-refractivity contribution is 5.94. The molecule has 0 bridgehead atoms. The minimum absolute atomic E-state index is 0.0275. The van der Waals surface area contributed by atoms with Gasteiger partial charge in [0.2, 0.25) is 5.91 Å². The first-order valence-electron chi connectivity index (χ1n) is 6.29. The molecule has 2 rings (SSSR count). The van der Waals surface area contributed by atoms with E-state index in [4.69, 9.17) is 0 Å². The minimum atomic E-state index is -0.0959. The first kappa shape index (κ1) is 13.2. The summed E-state index contributed by atoms with van der Waals surface area (Å²) in [6.45, 7) is 1.79. The van der Waals surface area contributed by atoms with Gasteiger partial charge >= 0.3 is 0 Å². The van der Waals surface area contributed by atoms with Crippen LogP contribution in [0.2, 0.25) is 0 Å². The van der Waals surface area contributed by atoms with Gasteiger partial charge in [0.25, 0.3) is 5.91 Å². The van der Waals surface area contributed by atoms with Crippen LogP contribution in [0, 0.1) is 11.8 Å². The maximum atomic E-state index is 11.7. The Balaban J connectivity index is 1.89. The highest BCUT2D eigenvalue weighted by Crippen LogP contribution is 2.19. The van der Waals surface area contributed by atoms with Crippen molar-refractivity contribution in [2.24, 2.45) is 0 Å². The standard InChI is InChI=1S/C15H16N2O2/c1-11(18)16-10-2-3-12-4-6-13(7-5-12)15(19)17-14-8-9-14/h4-7,14H,8-10H2,1H3,(H,16,18)(H,17,19). The van der Waals surface area contributed by atoms with Crippen molar-refractivity contribution in [1.82, 2.24) is 10.6 Å². The maximum Gasteiger partial charge on any atom is 0.251 e. The zero-order chi connectivity index (χ0) is 13.7. The lowest BCUT2D eigenvalue weighted by atomic mass is 10.1. The van der Waals surface area contributed by atoms with Crippen molar-refractivity contribution in [1.29, 1.82) is 0 Å². The van der Waals surface area contributed by atoms with E-state index in [-0.39, 0.29) is 11.8 Å². The highest BCUT2D eigenvalue weighted by atomic mass is 16.2. The van der Waals surface area contributed by atoms with Gasteiger partial charge in [0, 0.05) is 24.1 Å². The number of nitrogens with one attached hydrogen (secondary N) is 2. The van der Waals surface area contributed by atoms with Gasteiger partial charge in [-0.25, -0.2) is 0 Å². The van der Waals surface area contributed by atoms with Gasteiger partial charge in [-0.05, 0) is 37.1 Å². The molecule has 0 saturated heterocycles. The smallest absolute Gasteiger partial charge is 0.251 e. The molecule has 1 aromatic carbocycles. The lowest BCUT2D eigenvalue weighted by molar-refractivity contribution is -0.118. The van der Waals surface area contributed by atoms with E-state index in [1.54, 1.807) is 12.1 Å². The third kappa shape index (κ3) is 4.47. The van der Waals surface area contributed by atoms with E-state index in [0.29, 0.717) is 18.2 Å². The summed E-state index contributed by atoms with van der Waals surface area (Å²) in [6.07, 6.45) is 2.16. The topological polar surface area (TPSA) is 58.2 Å². The summed E-state index contributed by atoms with van der Waals surface area (Å²) in [5.41, 5.74) is 1.48. The quantitative estimate of drug-likeness (QED) is 0.795. The van der Waals surface area contributed by atoms with Crippen molar-refractivity contribution in [2.45, 2.75) is 25.8 Å². The molecule has 0 aromatic heterocycles. The third-order valence-corrected chi connectivity index (χ3v) is 2.72. The van der Waals surface area contributed by atoms with Gasteiger partial charge in [-0.1, -0.05) is 11.8 Å². The Bertz CT molecular complexity index is 534. The second-order valence-electron chi connectivity index (χ2n) is 4.54. The number of benzene rings is 1. The zero-order valence-electron chi connectivity index (χ0n) is 10.8. The molecule has 4 nitrogen and oxygen atoms in total. The second kappa shape index (κ2) is 6.05. The van der Waals surface area contributed by atoms with Crippen LogP contribution in [-0.2, 0) is 4.79 Å². The van der Waals surface area contributed by atoms with Gasteiger partial charge in [0.15, 0.2) is 0 Å². The van der Waals surface area contributed by atoms with Crippen LogP contribution < -0.4 is 10.6 Å². The van der Waals surface area contributed by atoms with E-state index in [1.165, 1.54) is 6.92 Å². The predicted molar refractivity (Wildman–Crippen MR) is 72.5 cm³/mol. The van der Waals surface area contributed by atoms with E-state index in [0.717, 1.165) is 18.4 Å². The Morgan fingerprint density at radius 1 is 1.26 bits per heavy atom. The SMILES string of the molecule is CC(=O)NCC#Cc1ccc(C(=O)NC2CC2)cc1. The summed E-state index contributed by atoms with van der Waals surface area (Å²) in [6, 6.07) is 7.51. The summed E-state index contributed by atoms with van der Waals surface area (Å²) in [7, 11) is 0. The number of carbonyl (C=O) groups excluding carboxylic acids is 2. The molecule has 0 radical (unpaired) electrons. The van der Waals surface area contributed by atoms with Gasteiger partial charge < -0.3 is 10.6 Å². The first-order chi connectivity index (χ1) is 9.15. The molecule has 0 aliphatic heterocycles. The van der Waals surface area contributed by atoms with Crippen LogP contribution >= 0.6 is 0 Å². The lowest BCUT2D eigenvalue weighted by Crippen LogP contribution is -2.25. The van der Waals surface area contributed by atoms with E-state index in [9.17, 15) is 9.59 Å². The molecule has 2 amide bonds. The number of hydrogen-bond acceptors (Lipinski definition) is 2. The van der Waals surface area contributed by atoms with E-state index in [2.05, 4.69) is 22.5 Å². The van der Waals surface area contributed by atoms with E-state index in [1.807, 2.05) is 12.1 Å². The molecule has 98 valence electrons. The molecule has 1 aromatic rings. The molecular formula is C15H16N2O2. The molecule has 0 spiro atoms. The lowest BCUT2D eigenvalue weighted by Gasteiger charge is -2.02. The molecule has 1 aliphatic carbocycles. The summed E-state index contributed by atoms with van der Waals surface area (Å²) in [5.74, 6) is 5.64. The summed E-state index contributed by atoms with van der Waals surface area (Å²) < 4.78 is 0. The zero-order valence-corrected chi connectivity index (χ0v) is 10.8. The third-order valence-electron chi connectivity index (χ3n) is 2.72. The maximum absolute atomic E-state index is 11.7. The molecule has 19 heavy (non-hydrogen) atoms. The van der Waals surface area contributed by atoms with Crippen LogP contribution in [0.5, 0.6) is 0 Å². The van der Waals surface area contributed by atoms with Crippen LogP contribution in [0.15, 0.2) is 24.3 Å². The molecular weight excluding hydrogens is 240 g/mol. The van der Waals surface area contributed by atoms with Crippen molar-refractivity contribution in [3.05, 3.63) is 35.4 Å². The second-order valence-corrected chi connectivity index (χ2v) is 4.54. The van der Waals surface area contributed by atoms with Crippen LogP contribution in [0.4, 0.5) is 0 Å². The number of amides is 2. The first-order valence-corrected chi connectivity index (χ1v) is 6.29. The molecule has 0 heterocycles. The Morgan fingerprint density at radius 2 is 1.95 bits per heavy atom. The van der Waals surface area contributed by atoms with Gasteiger partial charge in [-0.2, -0.15) is 0 Å². The van der Waals surface area contributed by atoms with Crippen LogP contribution in [0.25, 0.3) is 0 Å². The fraction of sp³-hybridized carbons (Fsp3) is 0.333. The average molecular weight is 256 g/mol. The summed E-state index contributed by atoms with van der Waals surface area (Å²) in [5, 5.41) is 5.53. The summed E-state index contributed by atoms with van der Waals surface area (Å²) >= 11 is 0. The fourth-order valence-electron chi connectivity index (χ4n) is 1.52. The Morgan fingerprint density at radius 3 is 2.53 bits per heavy atom. The van der Waals surface area contributed by atoms with E-state index < -0.39 is 0 Å². The monoisotopic (exact) mass is 256 g/mol. The summed E-state index contributed by atoms with van der Waals surface area (Å²) in [4.78, 5) is 22.4. The van der Waals surface area contributed by atoms with E-state index >= 15 is 0 Å². The predicted octanol–water partition coefficient (Wildman–Crippen LogP) is 1.07. The number of rotatable bonds is 3. The van der Waals surface area contributed by atoms with Crippen molar-refractivity contribution in [3.63, 3.8) is 0 Å². The van der Waals surface area contributed by atoms with Gasteiger partial charge in [0.1, 0.15) is 0 Å². The number of carbonyl (C=O) groups is 2. The molecule has 4 heteroatoms. The fourth-order valence-corrected chi connectivity index (χ4v) is 1.52. The molecule has 0 atom stereocenters. The van der Waals surface area contributed by atoms with Crippen LogP contribution in [-0.4, -0.2) is 24.4 Å². The Hall–Kier alpha value is -2.28. The molecule has 0 unspecified atom stereocenters. The minimum Gasteiger partial charge on any atom is -0.349 e. The average Bonchev–Trinajstić information content (AvgIpc) is 3.19. The van der Waals surface area contributed by atoms with Crippen molar-refractivity contribution < 1.29 is 9.59 Å². The van der Waals surface area contributed by atoms with Gasteiger partial charge in [-0.15, -0.1) is 0 Å². The van der Waals surface area contributed by atoms with Crippen molar-refractivity contribution >= 4 is 11.8 Å². The largest absolute Gasteiger partial charge is 0.349 e. The van der Waals surface area contributed by atoms with Crippen LogP contribution in [0.3, 0.4) is 0 Å². The van der Waals surface area contributed by atoms with Crippen molar-refractivity contribution in [2.75, 3.05) is 6.54 Å². The molecule has 1 fully saturated rings. The Labute approximate surface area is 112 Å². The van der Waals surface area contributed by atoms with Gasteiger partial charge in [0.05, 0.1) is 6.54 Å². The van der Waals surface area contributed by atoms with Gasteiger partial charge in [-0.3, -0.25) is 9.59 Å². The number of hydrogen-bond donors (Lipinski definition) is 2. The van der Waals surface area contributed by atoms with Crippen molar-refractivity contribution in [3.8, 4) is 11.8 Å². The molecule has 1 saturated carbocycles. The normalized spacial score (nSPS) is 13.1. The Kier molecular flexibility index (Phi) is 4.19.